The number of nitrogens with zero attached hydrogens (tertiary/aromatic N) is 4. The van der Waals surface area contributed by atoms with E-state index in [4.69, 9.17) is 5.10 Å². The van der Waals surface area contributed by atoms with Crippen LogP contribution in [0, 0.1) is 12.7 Å². The van der Waals surface area contributed by atoms with Gasteiger partial charge in [0.15, 0.2) is 0 Å². The summed E-state index contributed by atoms with van der Waals surface area (Å²) in [4.78, 5) is 15.9. The van der Waals surface area contributed by atoms with Crippen molar-refractivity contribution in [3.05, 3.63) is 71.7 Å². The van der Waals surface area contributed by atoms with Crippen LogP contribution in [0.4, 0.5) is 4.39 Å². The van der Waals surface area contributed by atoms with Gasteiger partial charge in [0.2, 0.25) is 5.91 Å². The molecule has 3 aromatic rings. The van der Waals surface area contributed by atoms with Crippen LogP contribution >= 0.6 is 0 Å². The smallest absolute Gasteiger partial charge is 0.236 e. The van der Waals surface area contributed by atoms with Crippen LogP contribution in [0.15, 0.2) is 54.7 Å². The molecule has 0 spiro atoms. The number of halogens is 1. The van der Waals surface area contributed by atoms with E-state index in [1.807, 2.05) is 49.1 Å². The van der Waals surface area contributed by atoms with Crippen LogP contribution in [-0.4, -0.2) is 52.2 Å². The molecule has 0 saturated carbocycles. The van der Waals surface area contributed by atoms with Crippen molar-refractivity contribution < 1.29 is 9.18 Å². The Hall–Kier alpha value is -2.99. The highest BCUT2D eigenvalue weighted by Crippen LogP contribution is 2.26. The Morgan fingerprint density at radius 3 is 2.68 bits per heavy atom. The third-order valence-corrected chi connectivity index (χ3v) is 5.08. The van der Waals surface area contributed by atoms with Gasteiger partial charge in [-0.2, -0.15) is 5.10 Å². The van der Waals surface area contributed by atoms with E-state index in [-0.39, 0.29) is 11.7 Å². The molecule has 2 heterocycles. The number of aromatic nitrogens is 2. The summed E-state index contributed by atoms with van der Waals surface area (Å²) in [6.07, 6.45) is 1.98. The third-order valence-electron chi connectivity index (χ3n) is 5.08. The van der Waals surface area contributed by atoms with E-state index in [2.05, 4.69) is 11.0 Å². The molecule has 28 heavy (non-hydrogen) atoms. The normalized spacial score (nSPS) is 15.2. The van der Waals surface area contributed by atoms with E-state index < -0.39 is 0 Å². The molecule has 6 heteroatoms. The monoisotopic (exact) mass is 378 g/mol. The number of hydrogen-bond acceptors (Lipinski definition) is 3. The zero-order chi connectivity index (χ0) is 19.7. The molecule has 0 bridgehead atoms. The molecular weight excluding hydrogens is 355 g/mol. The number of aryl methyl sites for hydroxylation is 1. The van der Waals surface area contributed by atoms with Crippen molar-refractivity contribution in [1.29, 1.82) is 0 Å². The Balaban J connectivity index is 1.72. The standard InChI is InChI=1S/C22H23FN4O/c1-16-5-3-8-20(11-16)27-14-18(13-26-10-9-25(2)21(28)15-26)22(24-27)17-6-4-7-19(23)12-17/h3-8,11-12,14H,9-10,13,15H2,1-2H3. The molecule has 0 radical (unpaired) electrons. The molecule has 1 amide bonds. The predicted molar refractivity (Wildman–Crippen MR) is 107 cm³/mol. The number of hydrogen-bond donors (Lipinski definition) is 0. The number of likely N-dealkylation sites (N-methyl/N-ethyl adjacent to an activating group) is 1. The van der Waals surface area contributed by atoms with Crippen LogP contribution in [0.2, 0.25) is 0 Å². The van der Waals surface area contributed by atoms with Crippen LogP contribution in [0.1, 0.15) is 11.1 Å². The molecule has 1 aliphatic rings. The van der Waals surface area contributed by atoms with Crippen LogP contribution in [0.5, 0.6) is 0 Å². The number of benzene rings is 2. The molecule has 1 aromatic heterocycles. The molecule has 0 N–H and O–H groups in total. The molecule has 0 aliphatic carbocycles. The fourth-order valence-electron chi connectivity index (χ4n) is 3.49. The SMILES string of the molecule is Cc1cccc(-n2cc(CN3CCN(C)C(=O)C3)c(-c3cccc(F)c3)n2)c1. The summed E-state index contributed by atoms with van der Waals surface area (Å²) in [5.41, 5.74) is 4.56. The maximum atomic E-state index is 13.8. The first kappa shape index (κ1) is 18.4. The molecular formula is C22H23FN4O. The van der Waals surface area contributed by atoms with Gasteiger partial charge in [-0.3, -0.25) is 9.69 Å². The second-order valence-corrected chi connectivity index (χ2v) is 7.32. The molecule has 1 saturated heterocycles. The second kappa shape index (κ2) is 7.56. The first-order chi connectivity index (χ1) is 13.5. The van der Waals surface area contributed by atoms with Crippen LogP contribution in [0.25, 0.3) is 16.9 Å². The van der Waals surface area contributed by atoms with Crippen LogP contribution in [-0.2, 0) is 11.3 Å². The van der Waals surface area contributed by atoms with Crippen molar-refractivity contribution >= 4 is 5.91 Å². The Kier molecular flexibility index (Phi) is 4.96. The lowest BCUT2D eigenvalue weighted by Crippen LogP contribution is -2.47. The van der Waals surface area contributed by atoms with Crippen molar-refractivity contribution in [2.24, 2.45) is 0 Å². The van der Waals surface area contributed by atoms with E-state index in [9.17, 15) is 9.18 Å². The Bertz CT molecular complexity index is 1010. The fourth-order valence-corrected chi connectivity index (χ4v) is 3.49. The maximum absolute atomic E-state index is 13.8. The van der Waals surface area contributed by atoms with Gasteiger partial charge in [0.25, 0.3) is 0 Å². The molecule has 5 nitrogen and oxygen atoms in total. The van der Waals surface area contributed by atoms with Crippen LogP contribution in [0.3, 0.4) is 0 Å². The highest BCUT2D eigenvalue weighted by molar-refractivity contribution is 5.78. The number of carbonyl (C=O) groups is 1. The molecule has 1 fully saturated rings. The van der Waals surface area contributed by atoms with Crippen molar-refractivity contribution in [2.45, 2.75) is 13.5 Å². The topological polar surface area (TPSA) is 41.4 Å². The molecule has 0 unspecified atom stereocenters. The van der Waals surface area contributed by atoms with Crippen molar-refractivity contribution in [2.75, 3.05) is 26.7 Å². The van der Waals surface area contributed by atoms with E-state index in [0.717, 1.165) is 34.6 Å². The summed E-state index contributed by atoms with van der Waals surface area (Å²) < 4.78 is 15.7. The summed E-state index contributed by atoms with van der Waals surface area (Å²) in [6.45, 7) is 4.53. The lowest BCUT2D eigenvalue weighted by molar-refractivity contribution is -0.134. The van der Waals surface area contributed by atoms with Gasteiger partial charge < -0.3 is 4.90 Å². The van der Waals surface area contributed by atoms with Crippen molar-refractivity contribution in [3.63, 3.8) is 0 Å². The van der Waals surface area contributed by atoms with E-state index in [0.29, 0.717) is 19.6 Å². The summed E-state index contributed by atoms with van der Waals surface area (Å²) in [7, 11) is 1.83. The van der Waals surface area contributed by atoms with Gasteiger partial charge in [-0.1, -0.05) is 24.3 Å². The first-order valence-electron chi connectivity index (χ1n) is 9.37. The predicted octanol–water partition coefficient (Wildman–Crippen LogP) is 3.26. The number of rotatable bonds is 4. The minimum atomic E-state index is -0.289. The average molecular weight is 378 g/mol. The van der Waals surface area contributed by atoms with Gasteiger partial charge in [-0.05, 0) is 36.8 Å². The molecule has 144 valence electrons. The zero-order valence-electron chi connectivity index (χ0n) is 16.1. The van der Waals surface area contributed by atoms with Gasteiger partial charge >= 0.3 is 0 Å². The molecule has 4 rings (SSSR count). The van der Waals surface area contributed by atoms with E-state index >= 15 is 0 Å². The summed E-state index contributed by atoms with van der Waals surface area (Å²) >= 11 is 0. The zero-order valence-corrected chi connectivity index (χ0v) is 16.1. The minimum Gasteiger partial charge on any atom is -0.343 e. The summed E-state index contributed by atoms with van der Waals surface area (Å²) in [6, 6.07) is 14.6. The largest absolute Gasteiger partial charge is 0.343 e. The summed E-state index contributed by atoms with van der Waals surface area (Å²) in [5.74, 6) is -0.173. The van der Waals surface area contributed by atoms with Gasteiger partial charge in [0.1, 0.15) is 5.82 Å². The quantitative estimate of drug-likeness (QED) is 0.700. The number of piperazine rings is 1. The lowest BCUT2D eigenvalue weighted by Gasteiger charge is -2.31. The Morgan fingerprint density at radius 2 is 1.93 bits per heavy atom. The minimum absolute atomic E-state index is 0.115. The average Bonchev–Trinajstić information content (AvgIpc) is 3.09. The van der Waals surface area contributed by atoms with E-state index in [1.54, 1.807) is 11.0 Å². The van der Waals surface area contributed by atoms with Gasteiger partial charge in [0.05, 0.1) is 17.9 Å². The van der Waals surface area contributed by atoms with Crippen molar-refractivity contribution in [3.8, 4) is 16.9 Å². The van der Waals surface area contributed by atoms with Gasteiger partial charge in [0, 0.05) is 44.0 Å². The number of amides is 1. The Morgan fingerprint density at radius 1 is 1.11 bits per heavy atom. The van der Waals surface area contributed by atoms with Gasteiger partial charge in [-0.15, -0.1) is 0 Å². The first-order valence-corrected chi connectivity index (χ1v) is 9.37. The summed E-state index contributed by atoms with van der Waals surface area (Å²) in [5, 5.41) is 4.76. The third kappa shape index (κ3) is 3.82. The van der Waals surface area contributed by atoms with Gasteiger partial charge in [-0.25, -0.2) is 9.07 Å². The Labute approximate surface area is 164 Å². The highest BCUT2D eigenvalue weighted by Gasteiger charge is 2.23. The molecule has 2 aromatic carbocycles. The van der Waals surface area contributed by atoms with E-state index in [1.165, 1.54) is 12.1 Å². The van der Waals surface area contributed by atoms with Crippen molar-refractivity contribution in [1.82, 2.24) is 19.6 Å². The maximum Gasteiger partial charge on any atom is 0.236 e. The lowest BCUT2D eigenvalue weighted by atomic mass is 10.1. The highest BCUT2D eigenvalue weighted by atomic mass is 19.1. The van der Waals surface area contributed by atoms with Crippen LogP contribution < -0.4 is 0 Å². The second-order valence-electron chi connectivity index (χ2n) is 7.32. The number of carbonyl (C=O) groups excluding carboxylic acids is 1. The molecule has 0 atom stereocenters. The fraction of sp³-hybridized carbons (Fsp3) is 0.273. The molecule has 1 aliphatic heterocycles.